The average Bonchev–Trinajstić information content (AvgIpc) is 2.90. The van der Waals surface area contributed by atoms with E-state index in [1.165, 1.54) is 4.90 Å². The fourth-order valence-electron chi connectivity index (χ4n) is 3.34. The molecule has 0 radical (unpaired) electrons. The summed E-state index contributed by atoms with van der Waals surface area (Å²) in [7, 11) is 0. The van der Waals surface area contributed by atoms with Crippen LogP contribution in [-0.2, 0) is 9.59 Å². The van der Waals surface area contributed by atoms with Gasteiger partial charge in [-0.2, -0.15) is 0 Å². The minimum absolute atomic E-state index is 0.0489. The zero-order valence-corrected chi connectivity index (χ0v) is 12.2. The van der Waals surface area contributed by atoms with E-state index in [2.05, 4.69) is 0 Å². The van der Waals surface area contributed by atoms with Crippen molar-refractivity contribution >= 4 is 11.8 Å². The molecule has 19 heavy (non-hydrogen) atoms. The summed E-state index contributed by atoms with van der Waals surface area (Å²) in [4.78, 5) is 26.1. The van der Waals surface area contributed by atoms with Crippen LogP contribution in [0.15, 0.2) is 0 Å². The Morgan fingerprint density at radius 3 is 2.26 bits per heavy atom. The molecule has 0 spiro atoms. The summed E-state index contributed by atoms with van der Waals surface area (Å²) >= 11 is 0. The van der Waals surface area contributed by atoms with Crippen LogP contribution < -0.4 is 0 Å². The van der Waals surface area contributed by atoms with Gasteiger partial charge in [0.1, 0.15) is 0 Å². The number of nitrogens with zero attached hydrogens (tertiary/aromatic N) is 1. The Hall–Kier alpha value is -0.900. The SMILES string of the molecule is CC(C)C1(C)CC(=O)N(CC2(CO)CCCC2)C1=O. The van der Waals surface area contributed by atoms with Crippen LogP contribution >= 0.6 is 0 Å². The van der Waals surface area contributed by atoms with Gasteiger partial charge >= 0.3 is 0 Å². The molecule has 0 bridgehead atoms. The topological polar surface area (TPSA) is 57.6 Å². The van der Waals surface area contributed by atoms with E-state index in [1.54, 1.807) is 0 Å². The first-order chi connectivity index (χ1) is 8.84. The third kappa shape index (κ3) is 2.31. The molecular weight excluding hydrogens is 242 g/mol. The molecule has 2 amide bonds. The first-order valence-electron chi connectivity index (χ1n) is 7.30. The molecule has 0 aromatic heterocycles. The van der Waals surface area contributed by atoms with Gasteiger partial charge in [-0.05, 0) is 25.7 Å². The molecule has 1 atom stereocenters. The van der Waals surface area contributed by atoms with E-state index in [0.29, 0.717) is 13.0 Å². The summed E-state index contributed by atoms with van der Waals surface area (Å²) in [5, 5.41) is 9.64. The number of amides is 2. The molecule has 1 aliphatic carbocycles. The highest BCUT2D eigenvalue weighted by Crippen LogP contribution is 2.43. The number of hydrogen-bond acceptors (Lipinski definition) is 3. The molecule has 1 unspecified atom stereocenters. The van der Waals surface area contributed by atoms with Crippen molar-refractivity contribution < 1.29 is 14.7 Å². The molecule has 2 rings (SSSR count). The van der Waals surface area contributed by atoms with Crippen molar-refractivity contribution in [2.24, 2.45) is 16.7 Å². The summed E-state index contributed by atoms with van der Waals surface area (Å²) in [5.74, 6) is 0.0377. The average molecular weight is 267 g/mol. The Labute approximate surface area is 115 Å². The summed E-state index contributed by atoms with van der Waals surface area (Å²) in [5.41, 5.74) is -0.806. The Morgan fingerprint density at radius 1 is 1.26 bits per heavy atom. The van der Waals surface area contributed by atoms with Crippen molar-refractivity contribution in [2.75, 3.05) is 13.2 Å². The molecule has 108 valence electrons. The van der Waals surface area contributed by atoms with Gasteiger partial charge in [-0.15, -0.1) is 0 Å². The van der Waals surface area contributed by atoms with Crippen LogP contribution in [0.2, 0.25) is 0 Å². The Bertz CT molecular complexity index is 385. The van der Waals surface area contributed by atoms with Crippen molar-refractivity contribution in [1.29, 1.82) is 0 Å². The normalized spacial score (nSPS) is 30.7. The molecule has 1 saturated heterocycles. The van der Waals surface area contributed by atoms with Gasteiger partial charge in [0.05, 0.1) is 12.0 Å². The second-order valence-electron chi connectivity index (χ2n) is 6.90. The van der Waals surface area contributed by atoms with Gasteiger partial charge < -0.3 is 5.11 Å². The fraction of sp³-hybridized carbons (Fsp3) is 0.867. The molecule has 0 aromatic carbocycles. The van der Waals surface area contributed by atoms with Gasteiger partial charge in [0.2, 0.25) is 11.8 Å². The molecule has 1 heterocycles. The zero-order valence-electron chi connectivity index (χ0n) is 12.2. The van der Waals surface area contributed by atoms with Crippen molar-refractivity contribution in [2.45, 2.75) is 52.9 Å². The smallest absolute Gasteiger partial charge is 0.235 e. The largest absolute Gasteiger partial charge is 0.396 e. The van der Waals surface area contributed by atoms with Gasteiger partial charge in [-0.1, -0.05) is 26.7 Å². The number of hydrogen-bond donors (Lipinski definition) is 1. The van der Waals surface area contributed by atoms with Crippen molar-refractivity contribution in [3.8, 4) is 0 Å². The standard InChI is InChI=1S/C15H25NO3/c1-11(2)14(3)8-12(18)16(13(14)19)9-15(10-17)6-4-5-7-15/h11,17H,4-10H2,1-3H3. The van der Waals surface area contributed by atoms with Gasteiger partial charge in [0.15, 0.2) is 0 Å². The predicted octanol–water partition coefficient (Wildman–Crippen LogP) is 1.96. The lowest BCUT2D eigenvalue weighted by Gasteiger charge is -2.32. The second-order valence-corrected chi connectivity index (χ2v) is 6.90. The molecule has 0 aromatic rings. The molecule has 1 aliphatic heterocycles. The number of rotatable bonds is 4. The molecule has 1 N–H and O–H groups in total. The lowest BCUT2D eigenvalue weighted by molar-refractivity contribution is -0.144. The number of carbonyl (C=O) groups excluding carboxylic acids is 2. The minimum Gasteiger partial charge on any atom is -0.396 e. The molecule has 1 saturated carbocycles. The van der Waals surface area contributed by atoms with Gasteiger partial charge in [-0.3, -0.25) is 14.5 Å². The number of likely N-dealkylation sites (tertiary alicyclic amines) is 1. The highest BCUT2D eigenvalue weighted by molar-refractivity contribution is 6.05. The molecule has 2 fully saturated rings. The first-order valence-corrected chi connectivity index (χ1v) is 7.30. The number of aliphatic hydroxyl groups excluding tert-OH is 1. The van der Waals surface area contributed by atoms with Crippen LogP contribution in [0.25, 0.3) is 0 Å². The number of imide groups is 1. The van der Waals surface area contributed by atoms with E-state index in [0.717, 1.165) is 25.7 Å². The zero-order chi connectivity index (χ0) is 14.3. The quantitative estimate of drug-likeness (QED) is 0.792. The Morgan fingerprint density at radius 2 is 1.84 bits per heavy atom. The second kappa shape index (κ2) is 4.89. The van der Waals surface area contributed by atoms with Crippen LogP contribution in [0.3, 0.4) is 0 Å². The lowest BCUT2D eigenvalue weighted by Crippen LogP contribution is -2.44. The van der Waals surface area contributed by atoms with E-state index in [4.69, 9.17) is 0 Å². The Kier molecular flexibility index (Phi) is 3.74. The molecular formula is C15H25NO3. The van der Waals surface area contributed by atoms with Crippen molar-refractivity contribution in [1.82, 2.24) is 4.90 Å². The lowest BCUT2D eigenvalue weighted by atomic mass is 9.77. The van der Waals surface area contributed by atoms with Crippen LogP contribution in [0, 0.1) is 16.7 Å². The predicted molar refractivity (Wildman–Crippen MR) is 72.3 cm³/mol. The fourth-order valence-corrected chi connectivity index (χ4v) is 3.34. The summed E-state index contributed by atoms with van der Waals surface area (Å²) < 4.78 is 0. The minimum atomic E-state index is -0.563. The highest BCUT2D eigenvalue weighted by Gasteiger charge is 2.52. The maximum absolute atomic E-state index is 12.5. The van der Waals surface area contributed by atoms with E-state index in [1.807, 2.05) is 20.8 Å². The van der Waals surface area contributed by atoms with Crippen LogP contribution in [-0.4, -0.2) is 35.0 Å². The summed E-state index contributed by atoms with van der Waals surface area (Å²) in [6.45, 7) is 6.35. The van der Waals surface area contributed by atoms with E-state index >= 15 is 0 Å². The Balaban J connectivity index is 2.17. The third-order valence-electron chi connectivity index (χ3n) is 5.32. The van der Waals surface area contributed by atoms with Crippen LogP contribution in [0.1, 0.15) is 52.9 Å². The highest BCUT2D eigenvalue weighted by atomic mass is 16.3. The van der Waals surface area contributed by atoms with Gasteiger partial charge in [0.25, 0.3) is 0 Å². The van der Waals surface area contributed by atoms with Crippen LogP contribution in [0.4, 0.5) is 0 Å². The third-order valence-corrected chi connectivity index (χ3v) is 5.32. The van der Waals surface area contributed by atoms with E-state index in [-0.39, 0.29) is 29.8 Å². The van der Waals surface area contributed by atoms with Crippen LogP contribution in [0.5, 0.6) is 0 Å². The molecule has 2 aliphatic rings. The van der Waals surface area contributed by atoms with Gasteiger partial charge in [0, 0.05) is 18.4 Å². The van der Waals surface area contributed by atoms with E-state index < -0.39 is 5.41 Å². The van der Waals surface area contributed by atoms with Crippen molar-refractivity contribution in [3.05, 3.63) is 0 Å². The van der Waals surface area contributed by atoms with Crippen molar-refractivity contribution in [3.63, 3.8) is 0 Å². The summed E-state index contributed by atoms with van der Waals surface area (Å²) in [6.07, 6.45) is 4.30. The first kappa shape index (κ1) is 14.5. The number of aliphatic hydroxyl groups is 1. The maximum atomic E-state index is 12.5. The molecule has 4 nitrogen and oxygen atoms in total. The van der Waals surface area contributed by atoms with Gasteiger partial charge in [-0.25, -0.2) is 0 Å². The maximum Gasteiger partial charge on any atom is 0.235 e. The monoisotopic (exact) mass is 267 g/mol. The number of carbonyl (C=O) groups is 2. The summed E-state index contributed by atoms with van der Waals surface area (Å²) in [6, 6.07) is 0. The molecule has 4 heteroatoms. The van der Waals surface area contributed by atoms with E-state index in [9.17, 15) is 14.7 Å².